The molecule has 0 aliphatic rings. The first-order chi connectivity index (χ1) is 13.6. The Labute approximate surface area is 174 Å². The van der Waals surface area contributed by atoms with Crippen LogP contribution < -0.4 is 0 Å². The molecule has 3 aromatic heterocycles. The van der Waals surface area contributed by atoms with Crippen molar-refractivity contribution in [3.63, 3.8) is 0 Å². The summed E-state index contributed by atoms with van der Waals surface area (Å²) < 4.78 is 32.7. The number of thiophene rings is 1. The van der Waals surface area contributed by atoms with Gasteiger partial charge in [0, 0.05) is 24.1 Å². The SMILES string of the molecule is COC(=O)N(Cc1cc(-c2cccs2)n(S(=O)(=O)c2cccnc2)c1)C(C)(C)C. The van der Waals surface area contributed by atoms with Gasteiger partial charge in [0.1, 0.15) is 4.90 Å². The van der Waals surface area contributed by atoms with Crippen LogP contribution in [0.5, 0.6) is 0 Å². The van der Waals surface area contributed by atoms with Crippen LogP contribution in [0.2, 0.25) is 0 Å². The zero-order valence-corrected chi connectivity index (χ0v) is 18.3. The van der Waals surface area contributed by atoms with E-state index in [0.717, 1.165) is 4.88 Å². The van der Waals surface area contributed by atoms with Crippen LogP contribution in [0, 0.1) is 0 Å². The first-order valence-corrected chi connectivity index (χ1v) is 11.2. The second-order valence-corrected chi connectivity index (χ2v) is 10.2. The lowest BCUT2D eigenvalue weighted by Crippen LogP contribution is -2.44. The van der Waals surface area contributed by atoms with Crippen molar-refractivity contribution in [3.05, 3.63) is 59.9 Å². The van der Waals surface area contributed by atoms with Gasteiger partial charge in [0.2, 0.25) is 0 Å². The van der Waals surface area contributed by atoms with Crippen LogP contribution in [0.25, 0.3) is 10.6 Å². The first-order valence-electron chi connectivity index (χ1n) is 8.91. The van der Waals surface area contributed by atoms with Crippen molar-refractivity contribution in [3.8, 4) is 10.6 Å². The van der Waals surface area contributed by atoms with Crippen molar-refractivity contribution >= 4 is 27.5 Å². The number of ether oxygens (including phenoxy) is 1. The molecular weight excluding hydrogens is 410 g/mol. The maximum absolute atomic E-state index is 13.3. The van der Waals surface area contributed by atoms with E-state index in [9.17, 15) is 13.2 Å². The van der Waals surface area contributed by atoms with Crippen LogP contribution in [-0.2, 0) is 21.3 Å². The highest BCUT2D eigenvalue weighted by Crippen LogP contribution is 2.31. The molecule has 1 amide bonds. The van der Waals surface area contributed by atoms with Crippen molar-refractivity contribution in [2.45, 2.75) is 37.8 Å². The molecule has 0 bridgehead atoms. The lowest BCUT2D eigenvalue weighted by molar-refractivity contribution is 0.0793. The largest absolute Gasteiger partial charge is 0.453 e. The molecule has 0 saturated heterocycles. The van der Waals surface area contributed by atoms with Crippen LogP contribution in [0.4, 0.5) is 4.79 Å². The van der Waals surface area contributed by atoms with Gasteiger partial charge in [0.05, 0.1) is 24.2 Å². The van der Waals surface area contributed by atoms with Gasteiger partial charge in [-0.15, -0.1) is 11.3 Å². The minimum Gasteiger partial charge on any atom is -0.453 e. The molecule has 0 aliphatic carbocycles. The number of hydrogen-bond acceptors (Lipinski definition) is 6. The highest BCUT2D eigenvalue weighted by molar-refractivity contribution is 7.90. The lowest BCUT2D eigenvalue weighted by Gasteiger charge is -2.34. The average molecular weight is 434 g/mol. The van der Waals surface area contributed by atoms with Gasteiger partial charge >= 0.3 is 6.09 Å². The number of methoxy groups -OCH3 is 1. The molecule has 29 heavy (non-hydrogen) atoms. The number of carbonyl (C=O) groups excluding carboxylic acids is 1. The van der Waals surface area contributed by atoms with Crippen LogP contribution >= 0.6 is 11.3 Å². The Balaban J connectivity index is 2.11. The average Bonchev–Trinajstić information content (AvgIpc) is 3.35. The highest BCUT2D eigenvalue weighted by Gasteiger charge is 2.29. The number of amides is 1. The molecule has 3 aromatic rings. The minimum absolute atomic E-state index is 0.0978. The molecule has 154 valence electrons. The maximum atomic E-state index is 13.3. The normalized spacial score (nSPS) is 12.0. The first kappa shape index (κ1) is 21.1. The predicted octanol–water partition coefficient (Wildman–Crippen LogP) is 4.22. The molecule has 0 aliphatic heterocycles. The minimum atomic E-state index is -3.85. The summed E-state index contributed by atoms with van der Waals surface area (Å²) in [5.74, 6) is 0. The molecular formula is C20H23N3O4S2. The van der Waals surface area contributed by atoms with E-state index >= 15 is 0 Å². The summed E-state index contributed by atoms with van der Waals surface area (Å²) in [5, 5.41) is 1.89. The van der Waals surface area contributed by atoms with Gasteiger partial charge in [-0.1, -0.05) is 6.07 Å². The van der Waals surface area contributed by atoms with Gasteiger partial charge in [-0.3, -0.25) is 9.88 Å². The van der Waals surface area contributed by atoms with E-state index in [-0.39, 0.29) is 11.4 Å². The topological polar surface area (TPSA) is 81.5 Å². The number of rotatable bonds is 5. The predicted molar refractivity (Wildman–Crippen MR) is 112 cm³/mol. The van der Waals surface area contributed by atoms with E-state index in [4.69, 9.17) is 4.74 Å². The molecule has 0 atom stereocenters. The van der Waals surface area contributed by atoms with Crippen molar-refractivity contribution < 1.29 is 17.9 Å². The third kappa shape index (κ3) is 4.35. The Morgan fingerprint density at radius 3 is 2.59 bits per heavy atom. The summed E-state index contributed by atoms with van der Waals surface area (Å²) in [5.41, 5.74) is 0.722. The molecule has 9 heteroatoms. The van der Waals surface area contributed by atoms with Gasteiger partial charge in [0.15, 0.2) is 0 Å². The molecule has 0 aromatic carbocycles. The van der Waals surface area contributed by atoms with E-state index in [1.54, 1.807) is 23.2 Å². The van der Waals surface area contributed by atoms with Gasteiger partial charge < -0.3 is 4.74 Å². The van der Waals surface area contributed by atoms with Crippen LogP contribution in [0.15, 0.2) is 59.2 Å². The summed E-state index contributed by atoms with van der Waals surface area (Å²) in [6, 6.07) is 8.61. The molecule has 3 rings (SSSR count). The summed E-state index contributed by atoms with van der Waals surface area (Å²) in [7, 11) is -2.52. The maximum Gasteiger partial charge on any atom is 0.410 e. The molecule has 0 unspecified atom stereocenters. The highest BCUT2D eigenvalue weighted by atomic mass is 32.2. The monoisotopic (exact) mass is 433 g/mol. The Hall–Kier alpha value is -2.65. The van der Waals surface area contributed by atoms with Crippen molar-refractivity contribution in [2.75, 3.05) is 7.11 Å². The number of pyridine rings is 1. The van der Waals surface area contributed by atoms with E-state index in [1.165, 1.54) is 40.9 Å². The molecule has 3 heterocycles. The second kappa shape index (κ2) is 8.00. The van der Waals surface area contributed by atoms with Crippen LogP contribution in [-0.4, -0.2) is 41.0 Å². The molecule has 0 radical (unpaired) electrons. The van der Waals surface area contributed by atoms with Crippen LogP contribution in [0.1, 0.15) is 26.3 Å². The zero-order valence-electron chi connectivity index (χ0n) is 16.7. The van der Waals surface area contributed by atoms with E-state index in [0.29, 0.717) is 11.3 Å². The van der Waals surface area contributed by atoms with Crippen molar-refractivity contribution in [1.29, 1.82) is 0 Å². The van der Waals surface area contributed by atoms with Crippen molar-refractivity contribution in [1.82, 2.24) is 13.9 Å². The summed E-state index contributed by atoms with van der Waals surface area (Å²) in [4.78, 5) is 18.7. The summed E-state index contributed by atoms with van der Waals surface area (Å²) in [6.45, 7) is 5.90. The fraction of sp³-hybridized carbons (Fsp3) is 0.300. The van der Waals surface area contributed by atoms with Crippen molar-refractivity contribution in [2.24, 2.45) is 0 Å². The van der Waals surface area contributed by atoms with Gasteiger partial charge in [-0.2, -0.15) is 0 Å². The number of hydrogen-bond donors (Lipinski definition) is 0. The third-order valence-corrected chi connectivity index (χ3v) is 6.90. The smallest absolute Gasteiger partial charge is 0.410 e. The Morgan fingerprint density at radius 2 is 2.03 bits per heavy atom. The Kier molecular flexibility index (Phi) is 5.81. The van der Waals surface area contributed by atoms with Gasteiger partial charge in [0.25, 0.3) is 10.0 Å². The molecule has 7 nitrogen and oxygen atoms in total. The number of carbonyl (C=O) groups is 1. The Morgan fingerprint density at radius 1 is 1.28 bits per heavy atom. The molecule has 0 saturated carbocycles. The molecule has 0 spiro atoms. The number of nitrogens with zero attached hydrogens (tertiary/aromatic N) is 3. The summed E-state index contributed by atoms with van der Waals surface area (Å²) in [6.07, 6.45) is 3.93. The third-order valence-electron chi connectivity index (χ3n) is 4.35. The number of aromatic nitrogens is 2. The van der Waals surface area contributed by atoms with E-state index in [1.807, 2.05) is 38.3 Å². The molecule has 0 fully saturated rings. The zero-order chi connectivity index (χ0) is 21.2. The molecule has 0 N–H and O–H groups in total. The quantitative estimate of drug-likeness (QED) is 0.602. The van der Waals surface area contributed by atoms with E-state index in [2.05, 4.69) is 4.98 Å². The standard InChI is InChI=1S/C20H23N3O4S2/c1-20(2,3)22(19(24)27-4)13-15-11-17(18-8-6-10-28-18)23(14-15)29(25,26)16-7-5-9-21-12-16/h5-12,14H,13H2,1-4H3. The van der Waals surface area contributed by atoms with Gasteiger partial charge in [-0.05, 0) is 56.0 Å². The van der Waals surface area contributed by atoms with Gasteiger partial charge in [-0.25, -0.2) is 17.2 Å². The second-order valence-electron chi connectivity index (χ2n) is 7.43. The fourth-order valence-corrected chi connectivity index (χ4v) is 5.02. The summed E-state index contributed by atoms with van der Waals surface area (Å²) >= 11 is 1.44. The Bertz CT molecular complexity index is 1080. The van der Waals surface area contributed by atoms with E-state index < -0.39 is 21.7 Å². The van der Waals surface area contributed by atoms with Crippen LogP contribution in [0.3, 0.4) is 0 Å². The lowest BCUT2D eigenvalue weighted by atomic mass is 10.1. The fourth-order valence-electron chi connectivity index (χ4n) is 2.87.